The Morgan fingerprint density at radius 2 is 1.92 bits per heavy atom. The second-order valence-electron chi connectivity index (χ2n) is 5.12. The van der Waals surface area contributed by atoms with Crippen LogP contribution in [0.3, 0.4) is 0 Å². The van der Waals surface area contributed by atoms with Gasteiger partial charge >= 0.3 is 0 Å². The van der Waals surface area contributed by atoms with Crippen molar-refractivity contribution in [2.45, 2.75) is 20.4 Å². The van der Waals surface area contributed by atoms with Gasteiger partial charge in [-0.1, -0.05) is 0 Å². The molecule has 0 bridgehead atoms. The van der Waals surface area contributed by atoms with Crippen LogP contribution in [0, 0.1) is 12.7 Å². The maximum absolute atomic E-state index is 12.8. The highest BCUT2D eigenvalue weighted by Gasteiger charge is 2.04. The Bertz CT molecular complexity index is 697. The Kier molecular flexibility index (Phi) is 6.74. The Labute approximate surface area is 145 Å². The van der Waals surface area contributed by atoms with Gasteiger partial charge in [0, 0.05) is 22.0 Å². The molecule has 3 N–H and O–H groups in total. The van der Waals surface area contributed by atoms with Gasteiger partial charge in [-0.2, -0.15) is 0 Å². The van der Waals surface area contributed by atoms with Gasteiger partial charge in [0.05, 0.1) is 6.54 Å². The number of rotatable bonds is 6. The Morgan fingerprint density at radius 3 is 2.54 bits per heavy atom. The number of anilines is 1. The molecule has 128 valence electrons. The zero-order valence-electron chi connectivity index (χ0n) is 13.7. The number of hydrogen-bond acceptors (Lipinski definition) is 3. The fraction of sp³-hybridized carbons (Fsp3) is 0.294. The van der Waals surface area contributed by atoms with Crippen molar-refractivity contribution in [3.63, 3.8) is 0 Å². The molecule has 1 aromatic carbocycles. The number of nitrogens with one attached hydrogen (secondary N) is 3. The summed E-state index contributed by atoms with van der Waals surface area (Å²) in [7, 11) is 0. The molecule has 7 heteroatoms. The van der Waals surface area contributed by atoms with Crippen LogP contribution in [0.25, 0.3) is 0 Å². The normalized spacial score (nSPS) is 11.2. The van der Waals surface area contributed by atoms with E-state index < -0.39 is 0 Å². The molecule has 2 rings (SSSR count). The highest BCUT2D eigenvalue weighted by Crippen LogP contribution is 2.14. The number of aliphatic imine (C=N–C) groups is 1. The van der Waals surface area contributed by atoms with Crippen LogP contribution in [0.1, 0.15) is 16.7 Å². The van der Waals surface area contributed by atoms with E-state index in [2.05, 4.69) is 40.0 Å². The highest BCUT2D eigenvalue weighted by atomic mass is 32.1. The molecule has 0 saturated heterocycles. The van der Waals surface area contributed by atoms with E-state index in [0.717, 1.165) is 0 Å². The lowest BCUT2D eigenvalue weighted by Gasteiger charge is -2.10. The van der Waals surface area contributed by atoms with Crippen LogP contribution in [0.5, 0.6) is 0 Å². The van der Waals surface area contributed by atoms with Crippen LogP contribution in [0.15, 0.2) is 41.4 Å². The van der Waals surface area contributed by atoms with Crippen LogP contribution in [-0.2, 0) is 11.3 Å². The largest absolute Gasteiger partial charge is 0.357 e. The van der Waals surface area contributed by atoms with Gasteiger partial charge in [-0.05, 0) is 50.2 Å². The number of aryl methyl sites for hydroxylation is 1. The summed E-state index contributed by atoms with van der Waals surface area (Å²) in [5, 5.41) is 8.97. The molecule has 0 aliphatic rings. The van der Waals surface area contributed by atoms with Crippen LogP contribution >= 0.6 is 11.3 Å². The quantitative estimate of drug-likeness (QED) is 0.555. The molecule has 0 spiro atoms. The highest BCUT2D eigenvalue weighted by molar-refractivity contribution is 7.11. The lowest BCUT2D eigenvalue weighted by atomic mass is 10.3. The lowest BCUT2D eigenvalue weighted by molar-refractivity contribution is -0.114. The summed E-state index contributed by atoms with van der Waals surface area (Å²) in [5.41, 5.74) is 0.545. The SMILES string of the molecule is CCNC(=NCC(=O)Nc1ccc(F)cc1)NCc1ccc(C)s1. The lowest BCUT2D eigenvalue weighted by Crippen LogP contribution is -2.37. The molecule has 1 amide bonds. The Morgan fingerprint density at radius 1 is 1.17 bits per heavy atom. The van der Waals surface area contributed by atoms with E-state index in [-0.39, 0.29) is 18.3 Å². The van der Waals surface area contributed by atoms with E-state index >= 15 is 0 Å². The topological polar surface area (TPSA) is 65.5 Å². The third-order valence-electron chi connectivity index (χ3n) is 3.08. The van der Waals surface area contributed by atoms with Crippen LogP contribution in [-0.4, -0.2) is 25.0 Å². The predicted octanol–water partition coefficient (Wildman–Crippen LogP) is 2.89. The Balaban J connectivity index is 1.86. The van der Waals surface area contributed by atoms with Gasteiger partial charge in [0.1, 0.15) is 12.4 Å². The summed E-state index contributed by atoms with van der Waals surface area (Å²) in [6.45, 7) is 5.37. The third-order valence-corrected chi connectivity index (χ3v) is 4.08. The molecule has 0 aliphatic carbocycles. The van der Waals surface area contributed by atoms with E-state index in [9.17, 15) is 9.18 Å². The molecule has 0 saturated carbocycles. The summed E-state index contributed by atoms with van der Waals surface area (Å²) in [6, 6.07) is 9.76. The summed E-state index contributed by atoms with van der Waals surface area (Å²) >= 11 is 1.72. The number of nitrogens with zero attached hydrogens (tertiary/aromatic N) is 1. The van der Waals surface area contributed by atoms with Gasteiger partial charge in [-0.15, -0.1) is 11.3 Å². The zero-order chi connectivity index (χ0) is 17.4. The molecular weight excluding hydrogens is 327 g/mol. The maximum atomic E-state index is 12.8. The zero-order valence-corrected chi connectivity index (χ0v) is 14.5. The van der Waals surface area contributed by atoms with Crippen molar-refractivity contribution < 1.29 is 9.18 Å². The van der Waals surface area contributed by atoms with E-state index in [4.69, 9.17) is 0 Å². The van der Waals surface area contributed by atoms with Crippen molar-refractivity contribution in [2.75, 3.05) is 18.4 Å². The van der Waals surface area contributed by atoms with Crippen molar-refractivity contribution in [2.24, 2.45) is 4.99 Å². The number of carbonyl (C=O) groups excluding carboxylic acids is 1. The van der Waals surface area contributed by atoms with Crippen molar-refractivity contribution in [1.82, 2.24) is 10.6 Å². The first kappa shape index (κ1) is 17.9. The number of carbonyl (C=O) groups is 1. The summed E-state index contributed by atoms with van der Waals surface area (Å²) < 4.78 is 12.8. The van der Waals surface area contributed by atoms with Crippen molar-refractivity contribution in [3.8, 4) is 0 Å². The molecule has 1 aromatic heterocycles. The molecule has 24 heavy (non-hydrogen) atoms. The molecule has 0 unspecified atom stereocenters. The fourth-order valence-corrected chi connectivity index (χ4v) is 2.81. The van der Waals surface area contributed by atoms with Gasteiger partial charge in [-0.25, -0.2) is 9.38 Å². The molecule has 2 aromatic rings. The summed E-state index contributed by atoms with van der Waals surface area (Å²) in [4.78, 5) is 18.6. The van der Waals surface area contributed by atoms with Gasteiger partial charge in [0.25, 0.3) is 0 Å². The fourth-order valence-electron chi connectivity index (χ4n) is 1.98. The van der Waals surface area contributed by atoms with Crippen molar-refractivity contribution in [1.29, 1.82) is 0 Å². The van der Waals surface area contributed by atoms with Gasteiger partial charge < -0.3 is 16.0 Å². The minimum atomic E-state index is -0.339. The van der Waals surface area contributed by atoms with Crippen molar-refractivity contribution >= 4 is 28.9 Å². The number of halogens is 1. The summed E-state index contributed by atoms with van der Waals surface area (Å²) in [6.07, 6.45) is 0. The van der Waals surface area contributed by atoms with Crippen LogP contribution in [0.2, 0.25) is 0 Å². The van der Waals surface area contributed by atoms with Gasteiger partial charge in [0.15, 0.2) is 5.96 Å². The molecule has 1 heterocycles. The summed E-state index contributed by atoms with van der Waals surface area (Å²) in [5.74, 6) is -0.0166. The first-order chi connectivity index (χ1) is 11.6. The molecule has 0 atom stereocenters. The van der Waals surface area contributed by atoms with E-state index in [1.54, 1.807) is 11.3 Å². The van der Waals surface area contributed by atoms with Crippen LogP contribution in [0.4, 0.5) is 10.1 Å². The monoisotopic (exact) mass is 348 g/mol. The molecule has 0 fully saturated rings. The maximum Gasteiger partial charge on any atom is 0.246 e. The van der Waals surface area contributed by atoms with Crippen LogP contribution < -0.4 is 16.0 Å². The number of benzene rings is 1. The van der Waals surface area contributed by atoms with E-state index in [0.29, 0.717) is 24.7 Å². The third kappa shape index (κ3) is 6.00. The molecule has 0 radical (unpaired) electrons. The smallest absolute Gasteiger partial charge is 0.246 e. The van der Waals surface area contributed by atoms with E-state index in [1.165, 1.54) is 34.0 Å². The van der Waals surface area contributed by atoms with Gasteiger partial charge in [-0.3, -0.25) is 4.79 Å². The average Bonchev–Trinajstić information content (AvgIpc) is 2.98. The number of guanidine groups is 1. The minimum absolute atomic E-state index is 0.0177. The van der Waals surface area contributed by atoms with Gasteiger partial charge in [0.2, 0.25) is 5.91 Å². The number of thiophene rings is 1. The standard InChI is InChI=1S/C17H21FN4OS/c1-3-19-17(20-10-15-9-4-12(2)24-15)21-11-16(23)22-14-7-5-13(18)6-8-14/h4-9H,3,10-11H2,1-2H3,(H,22,23)(H2,19,20,21). The van der Waals surface area contributed by atoms with E-state index in [1.807, 2.05) is 6.92 Å². The Hall–Kier alpha value is -2.41. The minimum Gasteiger partial charge on any atom is -0.357 e. The predicted molar refractivity (Wildman–Crippen MR) is 96.9 cm³/mol. The molecular formula is C17H21FN4OS. The number of amides is 1. The second kappa shape index (κ2) is 9.02. The average molecular weight is 348 g/mol. The molecule has 5 nitrogen and oxygen atoms in total. The second-order valence-corrected chi connectivity index (χ2v) is 6.49. The molecule has 0 aliphatic heterocycles. The number of hydrogen-bond donors (Lipinski definition) is 3. The van der Waals surface area contributed by atoms with Crippen molar-refractivity contribution in [3.05, 3.63) is 52.0 Å². The first-order valence-corrected chi connectivity index (χ1v) is 8.51. The first-order valence-electron chi connectivity index (χ1n) is 7.69.